The van der Waals surface area contributed by atoms with Crippen LogP contribution in [0.5, 0.6) is 5.75 Å². The second-order valence-corrected chi connectivity index (χ2v) is 6.13. The quantitative estimate of drug-likeness (QED) is 0.592. The number of ketones is 1. The number of para-hydroxylation sites is 1. The molecule has 0 bridgehead atoms. The van der Waals surface area contributed by atoms with Crippen LogP contribution in [0.1, 0.15) is 46.0 Å². The highest BCUT2D eigenvalue weighted by Gasteiger charge is 2.29. The molecule has 0 fully saturated rings. The first-order valence-corrected chi connectivity index (χ1v) is 8.50. The van der Waals surface area contributed by atoms with Gasteiger partial charge in [0.15, 0.2) is 12.2 Å². The molecule has 1 aromatic heterocycles. The Hall–Kier alpha value is -3.09. The van der Waals surface area contributed by atoms with Gasteiger partial charge in [-0.1, -0.05) is 18.2 Å². The average molecular weight is 373 g/mol. The van der Waals surface area contributed by atoms with Crippen molar-refractivity contribution < 1.29 is 28.6 Å². The summed E-state index contributed by atoms with van der Waals surface area (Å²) < 4.78 is 15.5. The molecular weight excluding hydrogens is 350 g/mol. The van der Waals surface area contributed by atoms with E-state index in [1.807, 2.05) is 6.07 Å². The second-order valence-electron chi connectivity index (χ2n) is 6.13. The van der Waals surface area contributed by atoms with E-state index < -0.39 is 29.9 Å². The number of rotatable bonds is 7. The van der Waals surface area contributed by atoms with E-state index in [0.717, 1.165) is 0 Å². The van der Waals surface area contributed by atoms with Gasteiger partial charge in [-0.15, -0.1) is 0 Å². The molecule has 1 aromatic carbocycles. The molecule has 144 valence electrons. The normalized spacial score (nSPS) is 12.8. The third-order valence-corrected chi connectivity index (χ3v) is 4.12. The smallest absolute Gasteiger partial charge is 0.347 e. The Labute approximate surface area is 157 Å². The van der Waals surface area contributed by atoms with Crippen LogP contribution in [0.3, 0.4) is 0 Å². The molecule has 7 nitrogen and oxygen atoms in total. The molecule has 0 saturated carbocycles. The zero-order valence-corrected chi connectivity index (χ0v) is 16.0. The van der Waals surface area contributed by atoms with Crippen molar-refractivity contribution in [2.45, 2.75) is 39.9 Å². The summed E-state index contributed by atoms with van der Waals surface area (Å²) in [5.41, 5.74) is 1.49. The molecule has 27 heavy (non-hydrogen) atoms. The van der Waals surface area contributed by atoms with Gasteiger partial charge in [0.25, 0.3) is 0 Å². The van der Waals surface area contributed by atoms with E-state index in [1.165, 1.54) is 14.0 Å². The second kappa shape index (κ2) is 8.53. The minimum atomic E-state index is -1.04. The zero-order chi connectivity index (χ0) is 20.1. The van der Waals surface area contributed by atoms with Crippen LogP contribution in [0, 0.1) is 13.8 Å². The van der Waals surface area contributed by atoms with Crippen LogP contribution in [-0.4, -0.2) is 42.0 Å². The standard InChI is InChI=1S/C20H23NO6/c1-11-16(20(24)25-5)12(2)21-17(11)18(22)13(3)27-19(23)14(4)26-15-9-7-6-8-10-15/h6-10,13-14,21H,1-5H3/t13-,14-/m1/s1. The maximum absolute atomic E-state index is 12.7. The van der Waals surface area contributed by atoms with Gasteiger partial charge in [0.2, 0.25) is 5.78 Å². The highest BCUT2D eigenvalue weighted by atomic mass is 16.6. The van der Waals surface area contributed by atoms with E-state index in [1.54, 1.807) is 45.0 Å². The average Bonchev–Trinajstić information content (AvgIpc) is 2.95. The Morgan fingerprint density at radius 3 is 2.22 bits per heavy atom. The van der Waals surface area contributed by atoms with Crippen molar-refractivity contribution in [3.8, 4) is 5.75 Å². The van der Waals surface area contributed by atoms with Gasteiger partial charge in [-0.3, -0.25) is 4.79 Å². The molecule has 0 spiro atoms. The molecule has 0 radical (unpaired) electrons. The van der Waals surface area contributed by atoms with Crippen LogP contribution < -0.4 is 4.74 Å². The summed E-state index contributed by atoms with van der Waals surface area (Å²) in [5, 5.41) is 0. The van der Waals surface area contributed by atoms with Crippen molar-refractivity contribution in [3.05, 3.63) is 52.8 Å². The van der Waals surface area contributed by atoms with Crippen molar-refractivity contribution in [2.75, 3.05) is 7.11 Å². The summed E-state index contributed by atoms with van der Waals surface area (Å²) in [6, 6.07) is 8.85. The summed E-state index contributed by atoms with van der Waals surface area (Å²) in [6.07, 6.45) is -1.92. The van der Waals surface area contributed by atoms with E-state index >= 15 is 0 Å². The predicted molar refractivity (Wildman–Crippen MR) is 98.0 cm³/mol. The summed E-state index contributed by atoms with van der Waals surface area (Å²) >= 11 is 0. The van der Waals surface area contributed by atoms with Gasteiger partial charge < -0.3 is 19.2 Å². The fourth-order valence-corrected chi connectivity index (χ4v) is 2.68. The van der Waals surface area contributed by atoms with Crippen LogP contribution in [-0.2, 0) is 14.3 Å². The number of ether oxygens (including phenoxy) is 3. The molecule has 0 aliphatic heterocycles. The number of methoxy groups -OCH3 is 1. The summed E-state index contributed by atoms with van der Waals surface area (Å²) in [4.78, 5) is 39.6. The van der Waals surface area contributed by atoms with E-state index in [-0.39, 0.29) is 5.69 Å². The Morgan fingerprint density at radius 2 is 1.63 bits per heavy atom. The highest BCUT2D eigenvalue weighted by Crippen LogP contribution is 2.21. The molecule has 7 heteroatoms. The first kappa shape index (κ1) is 20.2. The zero-order valence-electron chi connectivity index (χ0n) is 16.0. The molecule has 0 amide bonds. The topological polar surface area (TPSA) is 94.7 Å². The van der Waals surface area contributed by atoms with Crippen LogP contribution in [0.2, 0.25) is 0 Å². The molecule has 0 saturated heterocycles. The number of nitrogens with one attached hydrogen (secondary N) is 1. The summed E-state index contributed by atoms with van der Waals surface area (Å²) in [5.74, 6) is -1.10. The SMILES string of the molecule is COC(=O)c1c(C)[nH]c(C(=O)[C@@H](C)OC(=O)[C@@H](C)Oc2ccccc2)c1C. The number of H-pyrrole nitrogens is 1. The lowest BCUT2D eigenvalue weighted by atomic mass is 10.1. The minimum Gasteiger partial charge on any atom is -0.479 e. The van der Waals surface area contributed by atoms with Crippen LogP contribution in [0.4, 0.5) is 0 Å². The maximum atomic E-state index is 12.7. The number of Topliss-reactive ketones (excluding diaryl/α,β-unsaturated/α-hetero) is 1. The number of benzene rings is 1. The first-order valence-electron chi connectivity index (χ1n) is 8.50. The molecule has 0 unspecified atom stereocenters. The number of hydrogen-bond donors (Lipinski definition) is 1. The van der Waals surface area contributed by atoms with Gasteiger partial charge in [0.1, 0.15) is 5.75 Å². The number of hydrogen-bond acceptors (Lipinski definition) is 6. The van der Waals surface area contributed by atoms with E-state index in [0.29, 0.717) is 22.6 Å². The summed E-state index contributed by atoms with van der Waals surface area (Å²) in [6.45, 7) is 6.33. The Bertz CT molecular complexity index is 840. The van der Waals surface area contributed by atoms with Crippen molar-refractivity contribution in [1.29, 1.82) is 0 Å². The molecular formula is C20H23NO6. The number of carbonyl (C=O) groups excluding carboxylic acids is 3. The van der Waals surface area contributed by atoms with E-state index in [2.05, 4.69) is 4.98 Å². The minimum absolute atomic E-state index is 0.213. The van der Waals surface area contributed by atoms with Gasteiger partial charge in [-0.05, 0) is 45.4 Å². The molecule has 1 N–H and O–H groups in total. The maximum Gasteiger partial charge on any atom is 0.347 e. The van der Waals surface area contributed by atoms with Gasteiger partial charge in [0.05, 0.1) is 18.4 Å². The third kappa shape index (κ3) is 4.55. The van der Waals surface area contributed by atoms with Crippen molar-refractivity contribution in [3.63, 3.8) is 0 Å². The number of aryl methyl sites for hydroxylation is 1. The number of esters is 2. The van der Waals surface area contributed by atoms with Gasteiger partial charge in [-0.2, -0.15) is 0 Å². The van der Waals surface area contributed by atoms with Gasteiger partial charge in [0, 0.05) is 5.69 Å². The molecule has 2 aromatic rings. The molecule has 1 heterocycles. The number of aromatic amines is 1. The third-order valence-electron chi connectivity index (χ3n) is 4.12. The van der Waals surface area contributed by atoms with Crippen molar-refractivity contribution in [2.24, 2.45) is 0 Å². The van der Waals surface area contributed by atoms with E-state index in [4.69, 9.17) is 14.2 Å². The largest absolute Gasteiger partial charge is 0.479 e. The molecule has 0 aliphatic rings. The van der Waals surface area contributed by atoms with Crippen LogP contribution in [0.15, 0.2) is 30.3 Å². The Kier molecular flexibility index (Phi) is 6.39. The molecule has 0 aliphatic carbocycles. The van der Waals surface area contributed by atoms with Gasteiger partial charge >= 0.3 is 11.9 Å². The first-order chi connectivity index (χ1) is 12.8. The van der Waals surface area contributed by atoms with Gasteiger partial charge in [-0.25, -0.2) is 9.59 Å². The Balaban J connectivity index is 2.07. The highest BCUT2D eigenvalue weighted by molar-refractivity contribution is 6.04. The predicted octanol–water partition coefficient (Wildman–Crippen LogP) is 3.00. The van der Waals surface area contributed by atoms with Crippen molar-refractivity contribution >= 4 is 17.7 Å². The lowest BCUT2D eigenvalue weighted by Crippen LogP contribution is -2.33. The fraction of sp³-hybridized carbons (Fsp3) is 0.350. The number of aromatic nitrogens is 1. The van der Waals surface area contributed by atoms with Crippen LogP contribution >= 0.6 is 0 Å². The lowest BCUT2D eigenvalue weighted by Gasteiger charge is -2.17. The van der Waals surface area contributed by atoms with Crippen LogP contribution in [0.25, 0.3) is 0 Å². The van der Waals surface area contributed by atoms with E-state index in [9.17, 15) is 14.4 Å². The van der Waals surface area contributed by atoms with Crippen molar-refractivity contribution in [1.82, 2.24) is 4.98 Å². The fourth-order valence-electron chi connectivity index (χ4n) is 2.68. The molecule has 2 rings (SSSR count). The number of carbonyl (C=O) groups is 3. The Morgan fingerprint density at radius 1 is 1.00 bits per heavy atom. The molecule has 2 atom stereocenters. The monoisotopic (exact) mass is 373 g/mol. The lowest BCUT2D eigenvalue weighted by molar-refractivity contribution is -0.153. The summed E-state index contributed by atoms with van der Waals surface area (Å²) in [7, 11) is 1.27.